The molecule has 0 radical (unpaired) electrons. The van der Waals surface area contributed by atoms with E-state index in [0.717, 1.165) is 56.5 Å². The molecule has 3 aliphatic rings. The van der Waals surface area contributed by atoms with E-state index in [1.807, 2.05) is 6.07 Å². The minimum atomic E-state index is -0.646. The number of furan rings is 1. The maximum Gasteiger partial charge on any atom is 0.137 e. The first-order valence-corrected chi connectivity index (χ1v) is 22.3. The fourth-order valence-electron chi connectivity index (χ4n) is 11.7. The summed E-state index contributed by atoms with van der Waals surface area (Å²) in [4.78, 5) is 2.45. The summed E-state index contributed by atoms with van der Waals surface area (Å²) in [5.74, 6) is 0. The molecule has 1 atom stereocenters. The Labute approximate surface area is 372 Å². The molecule has 14 rings (SSSR count). The topological polar surface area (TPSA) is 16.4 Å². The van der Waals surface area contributed by atoms with Crippen LogP contribution in [-0.4, -0.2) is 0 Å². The smallest absolute Gasteiger partial charge is 0.137 e. The number of hydrogen-bond acceptors (Lipinski definition) is 2. The summed E-state index contributed by atoms with van der Waals surface area (Å²) in [7, 11) is 0. The molecule has 2 heteroatoms. The molecule has 2 nitrogen and oxygen atoms in total. The van der Waals surface area contributed by atoms with E-state index in [9.17, 15) is 0 Å². The first kappa shape index (κ1) is 35.4. The van der Waals surface area contributed by atoms with Crippen molar-refractivity contribution in [2.24, 2.45) is 0 Å². The zero-order valence-electron chi connectivity index (χ0n) is 34.9. The van der Waals surface area contributed by atoms with E-state index in [1.54, 1.807) is 0 Å². The van der Waals surface area contributed by atoms with Gasteiger partial charge in [0.25, 0.3) is 0 Å². The molecule has 3 aliphatic carbocycles. The van der Waals surface area contributed by atoms with Crippen molar-refractivity contribution in [3.63, 3.8) is 0 Å². The van der Waals surface area contributed by atoms with E-state index in [1.165, 1.54) is 77.9 Å². The fraction of sp³-hybridized carbons (Fsp3) is 0.0323. The molecule has 0 saturated heterocycles. The molecule has 298 valence electrons. The van der Waals surface area contributed by atoms with Crippen LogP contribution in [0.1, 0.15) is 33.4 Å². The summed E-state index contributed by atoms with van der Waals surface area (Å²) in [5.41, 5.74) is 25.0. The van der Waals surface area contributed by atoms with E-state index in [2.05, 4.69) is 223 Å². The number of fused-ring (bicyclic) bond motifs is 19. The molecular formula is C62H39NO. The van der Waals surface area contributed by atoms with Crippen LogP contribution in [-0.2, 0) is 11.8 Å². The van der Waals surface area contributed by atoms with Gasteiger partial charge in [-0.3, -0.25) is 0 Å². The molecule has 0 saturated carbocycles. The Hall–Kier alpha value is -8.20. The minimum absolute atomic E-state index is 0.646. The lowest BCUT2D eigenvalue weighted by atomic mass is 9.65. The van der Waals surface area contributed by atoms with Gasteiger partial charge in [0.2, 0.25) is 0 Å². The highest BCUT2D eigenvalue weighted by atomic mass is 16.3. The van der Waals surface area contributed by atoms with Crippen molar-refractivity contribution in [2.75, 3.05) is 4.90 Å². The Morgan fingerprint density at radius 3 is 1.77 bits per heavy atom. The predicted octanol–water partition coefficient (Wildman–Crippen LogP) is 16.3. The van der Waals surface area contributed by atoms with E-state index in [-0.39, 0.29) is 0 Å². The molecule has 1 spiro atoms. The second kappa shape index (κ2) is 13.4. The molecule has 0 aliphatic heterocycles. The van der Waals surface area contributed by atoms with Gasteiger partial charge in [-0.05, 0) is 126 Å². The van der Waals surface area contributed by atoms with Gasteiger partial charge in [-0.1, -0.05) is 182 Å². The van der Waals surface area contributed by atoms with Gasteiger partial charge < -0.3 is 9.32 Å². The molecule has 0 bridgehead atoms. The van der Waals surface area contributed by atoms with Crippen molar-refractivity contribution in [3.05, 3.63) is 258 Å². The third-order valence-corrected chi connectivity index (χ3v) is 14.3. The van der Waals surface area contributed by atoms with Crippen LogP contribution < -0.4 is 4.90 Å². The Morgan fingerprint density at radius 2 is 0.938 bits per heavy atom. The lowest BCUT2D eigenvalue weighted by Gasteiger charge is -2.37. The van der Waals surface area contributed by atoms with Crippen molar-refractivity contribution in [1.82, 2.24) is 0 Å². The monoisotopic (exact) mass is 813 g/mol. The zero-order valence-corrected chi connectivity index (χ0v) is 34.9. The van der Waals surface area contributed by atoms with Crippen LogP contribution in [0.3, 0.4) is 0 Å². The van der Waals surface area contributed by atoms with Gasteiger partial charge in [-0.25, -0.2) is 0 Å². The Balaban J connectivity index is 1.11. The summed E-state index contributed by atoms with van der Waals surface area (Å²) in [5, 5.41) is 2.23. The fourth-order valence-corrected chi connectivity index (χ4v) is 11.7. The summed E-state index contributed by atoms with van der Waals surface area (Å²) in [6.07, 6.45) is 0.947. The van der Waals surface area contributed by atoms with Crippen LogP contribution in [0.2, 0.25) is 0 Å². The molecule has 1 aromatic heterocycles. The number of hydrogen-bond donors (Lipinski definition) is 0. The highest BCUT2D eigenvalue weighted by molar-refractivity contribution is 6.07. The van der Waals surface area contributed by atoms with Crippen molar-refractivity contribution in [1.29, 1.82) is 0 Å². The van der Waals surface area contributed by atoms with Gasteiger partial charge in [0, 0.05) is 33.8 Å². The summed E-state index contributed by atoms with van der Waals surface area (Å²) < 4.78 is 6.60. The molecule has 11 aromatic rings. The zero-order chi connectivity index (χ0) is 41.9. The van der Waals surface area contributed by atoms with Crippen LogP contribution in [0.4, 0.5) is 17.1 Å². The minimum Gasteiger partial charge on any atom is -0.456 e. The number of rotatable bonds is 4. The lowest BCUT2D eigenvalue weighted by molar-refractivity contribution is 0.669. The van der Waals surface area contributed by atoms with E-state index in [4.69, 9.17) is 4.42 Å². The number of anilines is 3. The first-order valence-electron chi connectivity index (χ1n) is 22.3. The molecule has 0 amide bonds. The third-order valence-electron chi connectivity index (χ3n) is 14.3. The van der Waals surface area contributed by atoms with Crippen LogP contribution in [0.15, 0.2) is 229 Å². The Morgan fingerprint density at radius 1 is 0.344 bits per heavy atom. The summed E-state index contributed by atoms with van der Waals surface area (Å²) in [6.45, 7) is 0. The van der Waals surface area contributed by atoms with Gasteiger partial charge in [0.1, 0.15) is 11.2 Å². The first-order chi connectivity index (χ1) is 31.8. The van der Waals surface area contributed by atoms with Crippen LogP contribution in [0.25, 0.3) is 77.6 Å². The SMILES string of the molecule is c1ccc(-c2ccccc2N(c2ccc3c(c2)C2(c4ccccc4-c4ccccc4-3)c3ccccc3-c3c2ccc2c3-c3ccccc3C2)c2ccc3c(c2)oc2ccccc23)cc1. The van der Waals surface area contributed by atoms with Crippen molar-refractivity contribution in [2.45, 2.75) is 11.8 Å². The summed E-state index contributed by atoms with van der Waals surface area (Å²) in [6, 6.07) is 83.3. The van der Waals surface area contributed by atoms with Crippen LogP contribution >= 0.6 is 0 Å². The average Bonchev–Trinajstić information content (AvgIpc) is 4.00. The second-order valence-electron chi connectivity index (χ2n) is 17.5. The van der Waals surface area contributed by atoms with Crippen LogP contribution in [0.5, 0.6) is 0 Å². The van der Waals surface area contributed by atoms with Crippen LogP contribution in [0, 0.1) is 0 Å². The molecule has 64 heavy (non-hydrogen) atoms. The highest BCUT2D eigenvalue weighted by Crippen LogP contribution is 2.64. The largest absolute Gasteiger partial charge is 0.456 e. The van der Waals surface area contributed by atoms with Gasteiger partial charge >= 0.3 is 0 Å². The van der Waals surface area contributed by atoms with Crippen molar-refractivity contribution >= 4 is 39.0 Å². The maximum atomic E-state index is 6.60. The lowest BCUT2D eigenvalue weighted by Crippen LogP contribution is -2.29. The third kappa shape index (κ3) is 4.80. The normalized spacial score (nSPS) is 14.9. The number of nitrogens with zero attached hydrogens (tertiary/aromatic N) is 1. The standard InChI is InChI=1S/C62H39NO/c1-2-16-39(17-3-1)44-19-10-14-28-57(44)63(43-32-34-51-50-24-11-15-29-58(50)64-59(51)38-43)42-31-33-49-47-22-7-6-21-46(47)48-23-8-12-26-53(48)62(56(49)37-42)54-27-13-9-25-52(54)61-55(62)35-30-41-36-40-18-4-5-20-45(40)60(41)61/h1-35,37-38H,36H2. The van der Waals surface area contributed by atoms with Gasteiger partial charge in [0.05, 0.1) is 11.1 Å². The van der Waals surface area contributed by atoms with Crippen molar-refractivity contribution in [3.8, 4) is 55.6 Å². The molecule has 0 fully saturated rings. The quantitative estimate of drug-likeness (QED) is 0.176. The average molecular weight is 814 g/mol. The van der Waals surface area contributed by atoms with Gasteiger partial charge in [-0.2, -0.15) is 0 Å². The number of para-hydroxylation sites is 2. The highest BCUT2D eigenvalue weighted by Gasteiger charge is 2.51. The van der Waals surface area contributed by atoms with E-state index >= 15 is 0 Å². The Kier molecular flexibility index (Phi) is 7.41. The molecule has 10 aromatic carbocycles. The van der Waals surface area contributed by atoms with E-state index < -0.39 is 5.41 Å². The van der Waals surface area contributed by atoms with E-state index in [0.29, 0.717) is 0 Å². The molecule has 1 unspecified atom stereocenters. The number of benzene rings is 10. The van der Waals surface area contributed by atoms with Crippen molar-refractivity contribution < 1.29 is 4.42 Å². The summed E-state index contributed by atoms with van der Waals surface area (Å²) >= 11 is 0. The second-order valence-corrected chi connectivity index (χ2v) is 17.5. The molecular weight excluding hydrogens is 775 g/mol. The van der Waals surface area contributed by atoms with Gasteiger partial charge in [0.15, 0.2) is 0 Å². The molecule has 1 heterocycles. The predicted molar refractivity (Wildman–Crippen MR) is 264 cm³/mol. The Bertz CT molecular complexity index is 3720. The van der Waals surface area contributed by atoms with Gasteiger partial charge in [-0.15, -0.1) is 0 Å². The molecule has 0 N–H and O–H groups in total. The maximum absolute atomic E-state index is 6.60.